The summed E-state index contributed by atoms with van der Waals surface area (Å²) < 4.78 is 5.51. The summed E-state index contributed by atoms with van der Waals surface area (Å²) in [5, 5.41) is 2.24. The fourth-order valence-corrected chi connectivity index (χ4v) is 7.00. The van der Waals surface area contributed by atoms with Crippen molar-refractivity contribution in [3.05, 3.63) is 29.3 Å². The Kier molecular flexibility index (Phi) is 8.86. The van der Waals surface area contributed by atoms with Gasteiger partial charge in [0.15, 0.2) is 0 Å². The molecule has 0 radical (unpaired) electrons. The lowest BCUT2D eigenvalue weighted by Crippen LogP contribution is -2.56. The maximum Gasteiger partial charge on any atom is 0.410 e. The molecule has 0 saturated carbocycles. The third-order valence-corrected chi connectivity index (χ3v) is 9.68. The Balaban J connectivity index is 1.05. The molecule has 3 saturated heterocycles. The molecule has 4 heterocycles. The summed E-state index contributed by atoms with van der Waals surface area (Å²) in [5.41, 5.74) is 1.38. The first-order valence-corrected chi connectivity index (χ1v) is 16.0. The summed E-state index contributed by atoms with van der Waals surface area (Å²) in [6.45, 7) is 11.4. The molecule has 4 aliphatic rings. The van der Waals surface area contributed by atoms with Gasteiger partial charge in [-0.2, -0.15) is 0 Å². The van der Waals surface area contributed by atoms with Gasteiger partial charge in [0.2, 0.25) is 11.8 Å². The van der Waals surface area contributed by atoms with Crippen LogP contribution in [0.1, 0.15) is 113 Å². The molecule has 1 aromatic rings. The van der Waals surface area contributed by atoms with Crippen LogP contribution < -0.4 is 10.2 Å². The average molecular weight is 595 g/mol. The molecule has 43 heavy (non-hydrogen) atoms. The van der Waals surface area contributed by atoms with Gasteiger partial charge in [-0.3, -0.25) is 29.4 Å². The second kappa shape index (κ2) is 12.3. The van der Waals surface area contributed by atoms with Gasteiger partial charge in [-0.1, -0.05) is 32.6 Å². The Hall–Kier alpha value is -3.43. The number of benzene rings is 1. The fourth-order valence-electron chi connectivity index (χ4n) is 7.00. The van der Waals surface area contributed by atoms with Crippen LogP contribution in [0.3, 0.4) is 0 Å². The van der Waals surface area contributed by atoms with Crippen LogP contribution in [-0.4, -0.2) is 77.3 Å². The highest BCUT2D eigenvalue weighted by molar-refractivity contribution is 6.23. The quantitative estimate of drug-likeness (QED) is 0.319. The van der Waals surface area contributed by atoms with E-state index in [9.17, 15) is 24.0 Å². The highest BCUT2D eigenvalue weighted by Gasteiger charge is 2.46. The predicted molar refractivity (Wildman–Crippen MR) is 162 cm³/mol. The van der Waals surface area contributed by atoms with Crippen molar-refractivity contribution >= 4 is 35.4 Å². The molecule has 0 aromatic heterocycles. The predicted octanol–water partition coefficient (Wildman–Crippen LogP) is 4.90. The molecule has 3 fully saturated rings. The van der Waals surface area contributed by atoms with E-state index in [2.05, 4.69) is 17.1 Å². The maximum absolute atomic E-state index is 13.2. The van der Waals surface area contributed by atoms with Crippen LogP contribution in [0.25, 0.3) is 0 Å². The summed E-state index contributed by atoms with van der Waals surface area (Å²) in [5.74, 6) is -1.23. The first kappa shape index (κ1) is 31.0. The van der Waals surface area contributed by atoms with Crippen LogP contribution in [-0.2, 0) is 14.3 Å². The number of amides is 5. The van der Waals surface area contributed by atoms with Gasteiger partial charge in [0.1, 0.15) is 11.6 Å². The number of nitrogens with one attached hydrogen (secondary N) is 1. The maximum atomic E-state index is 13.2. The van der Waals surface area contributed by atoms with Crippen molar-refractivity contribution in [3.63, 3.8) is 0 Å². The van der Waals surface area contributed by atoms with Gasteiger partial charge in [0, 0.05) is 43.7 Å². The fraction of sp³-hybridized carbons (Fsp3) is 0.667. The lowest BCUT2D eigenvalue weighted by molar-refractivity contribution is -0.136. The van der Waals surface area contributed by atoms with Crippen molar-refractivity contribution in [2.75, 3.05) is 31.1 Å². The lowest BCUT2D eigenvalue weighted by Gasteiger charge is -2.52. The summed E-state index contributed by atoms with van der Waals surface area (Å²) in [6, 6.07) is 4.43. The topological polar surface area (TPSA) is 116 Å². The molecular formula is C33H46N4O6. The van der Waals surface area contributed by atoms with Crippen molar-refractivity contribution < 1.29 is 28.7 Å². The monoisotopic (exact) mass is 594 g/mol. The molecule has 0 bridgehead atoms. The summed E-state index contributed by atoms with van der Waals surface area (Å²) >= 11 is 0. The van der Waals surface area contributed by atoms with Gasteiger partial charge >= 0.3 is 6.09 Å². The van der Waals surface area contributed by atoms with Crippen LogP contribution >= 0.6 is 0 Å². The van der Waals surface area contributed by atoms with Gasteiger partial charge < -0.3 is 14.5 Å². The Labute approximate surface area is 254 Å². The smallest absolute Gasteiger partial charge is 0.410 e. The summed E-state index contributed by atoms with van der Waals surface area (Å²) in [7, 11) is 0. The molecule has 1 atom stereocenters. The van der Waals surface area contributed by atoms with Gasteiger partial charge in [-0.25, -0.2) is 4.79 Å². The van der Waals surface area contributed by atoms with Crippen LogP contribution in [0.4, 0.5) is 10.5 Å². The van der Waals surface area contributed by atoms with E-state index in [0.29, 0.717) is 17.0 Å². The van der Waals surface area contributed by atoms with Crippen molar-refractivity contribution in [3.8, 4) is 0 Å². The number of hydrogen-bond donors (Lipinski definition) is 1. The SMILES string of the molecule is CCC1(CCCCCC2CCN(C(=O)OC(C)(C)C)CC2)CN(c2ccc3c(c2)C(=O)N(C2CCC(=O)NC2=O)C3=O)C1. The molecule has 0 spiro atoms. The number of anilines is 1. The normalized spacial score (nSPS) is 22.4. The minimum Gasteiger partial charge on any atom is -0.444 e. The van der Waals surface area contributed by atoms with E-state index in [4.69, 9.17) is 4.74 Å². The molecule has 1 N–H and O–H groups in total. The van der Waals surface area contributed by atoms with Gasteiger partial charge in [-0.05, 0) is 77.0 Å². The molecule has 10 nitrogen and oxygen atoms in total. The second-order valence-corrected chi connectivity index (χ2v) is 13.9. The third kappa shape index (κ3) is 6.73. The largest absolute Gasteiger partial charge is 0.444 e. The number of ether oxygens (including phenoxy) is 1. The molecular weight excluding hydrogens is 548 g/mol. The van der Waals surface area contributed by atoms with E-state index >= 15 is 0 Å². The number of hydrogen-bond acceptors (Lipinski definition) is 7. The first-order chi connectivity index (χ1) is 20.4. The van der Waals surface area contributed by atoms with Gasteiger partial charge in [-0.15, -0.1) is 0 Å². The van der Waals surface area contributed by atoms with E-state index in [1.54, 1.807) is 12.1 Å². The van der Waals surface area contributed by atoms with Crippen LogP contribution in [0.15, 0.2) is 18.2 Å². The third-order valence-electron chi connectivity index (χ3n) is 9.68. The highest BCUT2D eigenvalue weighted by atomic mass is 16.6. The molecule has 1 unspecified atom stereocenters. The number of carbonyl (C=O) groups is 5. The van der Waals surface area contributed by atoms with Crippen molar-refractivity contribution in [1.82, 2.24) is 15.1 Å². The summed E-state index contributed by atoms with van der Waals surface area (Å²) in [4.78, 5) is 67.5. The number of carbonyl (C=O) groups excluding carboxylic acids is 5. The van der Waals surface area contributed by atoms with E-state index in [0.717, 1.165) is 56.0 Å². The van der Waals surface area contributed by atoms with E-state index < -0.39 is 29.4 Å². The minimum absolute atomic E-state index is 0.108. The molecule has 1 aromatic carbocycles. The Morgan fingerprint density at radius 3 is 2.33 bits per heavy atom. The number of likely N-dealkylation sites (tertiary alicyclic amines) is 1. The number of nitrogens with zero attached hydrogens (tertiary/aromatic N) is 3. The van der Waals surface area contributed by atoms with Gasteiger partial charge in [0.25, 0.3) is 11.8 Å². The molecule has 5 amide bonds. The molecule has 4 aliphatic heterocycles. The van der Waals surface area contributed by atoms with Crippen LogP contribution in [0, 0.1) is 11.3 Å². The summed E-state index contributed by atoms with van der Waals surface area (Å²) in [6.07, 6.45) is 9.26. The number of imide groups is 2. The van der Waals surface area contributed by atoms with E-state index in [1.807, 2.05) is 31.7 Å². The van der Waals surface area contributed by atoms with Crippen molar-refractivity contribution in [2.45, 2.75) is 104 Å². The highest BCUT2D eigenvalue weighted by Crippen LogP contribution is 2.42. The number of rotatable bonds is 9. The number of fused-ring (bicyclic) bond motifs is 1. The molecule has 0 aliphatic carbocycles. The molecule has 5 rings (SSSR count). The van der Waals surface area contributed by atoms with E-state index in [-0.39, 0.29) is 30.3 Å². The number of unbranched alkanes of at least 4 members (excludes halogenated alkanes) is 2. The molecule has 10 heteroatoms. The van der Waals surface area contributed by atoms with Gasteiger partial charge in [0.05, 0.1) is 11.1 Å². The second-order valence-electron chi connectivity index (χ2n) is 13.9. The zero-order valence-electron chi connectivity index (χ0n) is 26.1. The first-order valence-electron chi connectivity index (χ1n) is 16.0. The Morgan fingerprint density at radius 2 is 1.67 bits per heavy atom. The Morgan fingerprint density at radius 1 is 0.977 bits per heavy atom. The number of piperidine rings is 2. The average Bonchev–Trinajstić information content (AvgIpc) is 3.18. The van der Waals surface area contributed by atoms with Crippen LogP contribution in [0.5, 0.6) is 0 Å². The van der Waals surface area contributed by atoms with Crippen molar-refractivity contribution in [2.24, 2.45) is 11.3 Å². The van der Waals surface area contributed by atoms with Crippen molar-refractivity contribution in [1.29, 1.82) is 0 Å². The zero-order chi connectivity index (χ0) is 30.9. The standard InChI is InChI=1S/C33H46N4O6/c1-5-33(16-8-6-7-9-22-14-17-35(18-15-22)31(42)43-32(2,3)4)20-36(21-33)23-10-11-24-25(19-23)30(41)37(29(24)40)26-12-13-27(38)34-28(26)39/h10-11,19,22,26H,5-9,12-18,20-21H2,1-4H3,(H,34,38,39). The van der Waals surface area contributed by atoms with E-state index in [1.165, 1.54) is 32.1 Å². The minimum atomic E-state index is -0.949. The molecule has 234 valence electrons. The van der Waals surface area contributed by atoms with Crippen LogP contribution in [0.2, 0.25) is 0 Å². The zero-order valence-corrected chi connectivity index (χ0v) is 26.1. The lowest BCUT2D eigenvalue weighted by atomic mass is 9.73. The Bertz CT molecular complexity index is 1270.